The molecule has 0 N–H and O–H groups in total. The molecule has 19 heavy (non-hydrogen) atoms. The number of aliphatic imine (C=N–C) groups is 1. The quantitative estimate of drug-likeness (QED) is 0.810. The molecule has 0 aromatic carbocycles. The van der Waals surface area contributed by atoms with E-state index < -0.39 is 0 Å². The molecular weight excluding hydrogens is 234 g/mol. The van der Waals surface area contributed by atoms with Gasteiger partial charge in [-0.1, -0.05) is 18.2 Å². The minimum atomic E-state index is 0.113. The average Bonchev–Trinajstić information content (AvgIpc) is 2.71. The van der Waals surface area contributed by atoms with E-state index in [4.69, 9.17) is 0 Å². The van der Waals surface area contributed by atoms with Crippen molar-refractivity contribution in [3.63, 3.8) is 0 Å². The standard InChI is InChI=1S/C16H19N3/c1-19-11-5-7-16(19)14-12-17-10-8-13(14)15-6-3-2-4-9-18-15/h2-4,6,8-10,12,15-16H,5,7,11H2,1H3/t15?,16-/m0/s1. The molecule has 1 aromatic rings. The van der Waals surface area contributed by atoms with Crippen molar-refractivity contribution >= 4 is 6.21 Å². The molecule has 2 atom stereocenters. The van der Waals surface area contributed by atoms with E-state index in [1.165, 1.54) is 30.5 Å². The molecule has 2 aliphatic rings. The third kappa shape index (κ3) is 2.51. The SMILES string of the molecule is CN1CCC[C@H]1c1cnccc1C1C=CC=CC=N1. The molecule has 2 aliphatic heterocycles. The van der Waals surface area contributed by atoms with Crippen LogP contribution in [-0.2, 0) is 0 Å². The largest absolute Gasteiger partial charge is 0.299 e. The molecule has 3 nitrogen and oxygen atoms in total. The minimum Gasteiger partial charge on any atom is -0.299 e. The first-order valence-corrected chi connectivity index (χ1v) is 6.87. The van der Waals surface area contributed by atoms with Gasteiger partial charge in [0.2, 0.25) is 0 Å². The highest BCUT2D eigenvalue weighted by molar-refractivity contribution is 5.72. The van der Waals surface area contributed by atoms with Crippen LogP contribution >= 0.6 is 0 Å². The predicted octanol–water partition coefficient (Wildman–Crippen LogP) is 3.09. The van der Waals surface area contributed by atoms with Crippen LogP contribution in [0.15, 0.2) is 47.8 Å². The second-order valence-electron chi connectivity index (χ2n) is 5.16. The molecular formula is C16H19N3. The van der Waals surface area contributed by atoms with Crippen molar-refractivity contribution in [2.75, 3.05) is 13.6 Å². The van der Waals surface area contributed by atoms with E-state index in [0.717, 1.165) is 0 Å². The molecule has 0 aliphatic carbocycles. The highest BCUT2D eigenvalue weighted by Crippen LogP contribution is 2.35. The van der Waals surface area contributed by atoms with Crippen molar-refractivity contribution in [1.82, 2.24) is 9.88 Å². The Morgan fingerprint density at radius 3 is 3.00 bits per heavy atom. The molecule has 0 spiro atoms. The summed E-state index contributed by atoms with van der Waals surface area (Å²) in [6.45, 7) is 1.17. The average molecular weight is 253 g/mol. The van der Waals surface area contributed by atoms with E-state index in [0.29, 0.717) is 6.04 Å². The van der Waals surface area contributed by atoms with Gasteiger partial charge in [-0.2, -0.15) is 0 Å². The fraction of sp³-hybridized carbons (Fsp3) is 0.375. The van der Waals surface area contributed by atoms with Crippen LogP contribution in [0.4, 0.5) is 0 Å². The molecule has 1 saturated heterocycles. The molecule has 1 unspecified atom stereocenters. The molecule has 0 bridgehead atoms. The second-order valence-corrected chi connectivity index (χ2v) is 5.16. The van der Waals surface area contributed by atoms with E-state index in [1.54, 1.807) is 0 Å². The zero-order valence-electron chi connectivity index (χ0n) is 11.2. The number of likely N-dealkylation sites (tertiary alicyclic amines) is 1. The Morgan fingerprint density at radius 2 is 2.16 bits per heavy atom. The first kappa shape index (κ1) is 12.3. The lowest BCUT2D eigenvalue weighted by molar-refractivity contribution is 0.315. The second kappa shape index (κ2) is 5.49. The lowest BCUT2D eigenvalue weighted by Gasteiger charge is -2.23. The summed E-state index contributed by atoms with van der Waals surface area (Å²) in [6, 6.07) is 2.71. The molecule has 3 heterocycles. The normalized spacial score (nSPS) is 26.8. The van der Waals surface area contributed by atoms with Gasteiger partial charge in [0.1, 0.15) is 0 Å². The summed E-state index contributed by atoms with van der Waals surface area (Å²) >= 11 is 0. The third-order valence-corrected chi connectivity index (χ3v) is 3.93. The summed E-state index contributed by atoms with van der Waals surface area (Å²) < 4.78 is 0. The Hall–Kier alpha value is -1.74. The van der Waals surface area contributed by atoms with Gasteiger partial charge in [0, 0.05) is 24.7 Å². The van der Waals surface area contributed by atoms with Crippen LogP contribution in [0.3, 0.4) is 0 Å². The van der Waals surface area contributed by atoms with Gasteiger partial charge in [-0.25, -0.2) is 0 Å². The zero-order valence-corrected chi connectivity index (χ0v) is 11.2. The fourth-order valence-corrected chi connectivity index (χ4v) is 2.93. The highest BCUT2D eigenvalue weighted by Gasteiger charge is 2.26. The Balaban J connectivity index is 1.97. The van der Waals surface area contributed by atoms with Gasteiger partial charge < -0.3 is 0 Å². The van der Waals surface area contributed by atoms with E-state index in [2.05, 4.69) is 40.1 Å². The summed E-state index contributed by atoms with van der Waals surface area (Å²) in [5, 5.41) is 0. The van der Waals surface area contributed by atoms with E-state index in [1.807, 2.05) is 30.8 Å². The molecule has 1 fully saturated rings. The maximum atomic E-state index is 4.61. The summed E-state index contributed by atoms with van der Waals surface area (Å²) in [4.78, 5) is 11.3. The maximum absolute atomic E-state index is 4.61. The number of aromatic nitrogens is 1. The van der Waals surface area contributed by atoms with Gasteiger partial charge in [-0.15, -0.1) is 0 Å². The minimum absolute atomic E-state index is 0.113. The monoisotopic (exact) mass is 253 g/mol. The van der Waals surface area contributed by atoms with Gasteiger partial charge in [0.15, 0.2) is 0 Å². The van der Waals surface area contributed by atoms with E-state index in [9.17, 15) is 0 Å². The first-order valence-electron chi connectivity index (χ1n) is 6.87. The van der Waals surface area contributed by atoms with Gasteiger partial charge in [-0.05, 0) is 49.7 Å². The van der Waals surface area contributed by atoms with Crippen molar-refractivity contribution < 1.29 is 0 Å². The van der Waals surface area contributed by atoms with E-state index in [-0.39, 0.29) is 6.04 Å². The zero-order chi connectivity index (χ0) is 13.1. The molecule has 1 aromatic heterocycles. The fourth-order valence-electron chi connectivity index (χ4n) is 2.93. The third-order valence-electron chi connectivity index (χ3n) is 3.93. The molecule has 0 saturated carbocycles. The van der Waals surface area contributed by atoms with Crippen molar-refractivity contribution in [2.45, 2.75) is 24.9 Å². The topological polar surface area (TPSA) is 28.5 Å². The summed E-state index contributed by atoms with van der Waals surface area (Å²) in [5.74, 6) is 0. The van der Waals surface area contributed by atoms with Crippen LogP contribution in [0, 0.1) is 0 Å². The maximum Gasteiger partial charge on any atom is 0.0937 e. The van der Waals surface area contributed by atoms with Crippen molar-refractivity contribution in [3.05, 3.63) is 53.9 Å². The van der Waals surface area contributed by atoms with Crippen LogP contribution in [0.5, 0.6) is 0 Å². The summed E-state index contributed by atoms with van der Waals surface area (Å²) in [7, 11) is 2.20. The van der Waals surface area contributed by atoms with Crippen LogP contribution in [-0.4, -0.2) is 29.7 Å². The Kier molecular flexibility index (Phi) is 3.56. The molecule has 0 radical (unpaired) electrons. The number of nitrogens with zero attached hydrogens (tertiary/aromatic N) is 3. The van der Waals surface area contributed by atoms with Crippen LogP contribution in [0.2, 0.25) is 0 Å². The summed E-state index contributed by atoms with van der Waals surface area (Å²) in [6.07, 6.45) is 16.5. The van der Waals surface area contributed by atoms with Gasteiger partial charge >= 0.3 is 0 Å². The smallest absolute Gasteiger partial charge is 0.0937 e. The Bertz CT molecular complexity index is 515. The number of rotatable bonds is 2. The Labute approximate surface area is 114 Å². The predicted molar refractivity (Wildman–Crippen MR) is 78.4 cm³/mol. The van der Waals surface area contributed by atoms with Crippen molar-refractivity contribution in [1.29, 1.82) is 0 Å². The van der Waals surface area contributed by atoms with Gasteiger partial charge in [0.05, 0.1) is 6.04 Å². The Morgan fingerprint density at radius 1 is 1.21 bits per heavy atom. The first-order chi connectivity index (χ1) is 9.36. The van der Waals surface area contributed by atoms with Crippen molar-refractivity contribution in [2.24, 2.45) is 4.99 Å². The van der Waals surface area contributed by atoms with Gasteiger partial charge in [0.25, 0.3) is 0 Å². The highest BCUT2D eigenvalue weighted by atomic mass is 15.1. The van der Waals surface area contributed by atoms with Crippen LogP contribution in [0.25, 0.3) is 0 Å². The molecule has 3 rings (SSSR count). The number of hydrogen-bond acceptors (Lipinski definition) is 3. The number of pyridine rings is 1. The lowest BCUT2D eigenvalue weighted by atomic mass is 9.96. The van der Waals surface area contributed by atoms with Gasteiger partial charge in [-0.3, -0.25) is 14.9 Å². The number of allylic oxidation sites excluding steroid dienone is 3. The van der Waals surface area contributed by atoms with Crippen LogP contribution in [0.1, 0.15) is 36.1 Å². The van der Waals surface area contributed by atoms with Crippen LogP contribution < -0.4 is 0 Å². The van der Waals surface area contributed by atoms with E-state index >= 15 is 0 Å². The number of hydrogen-bond donors (Lipinski definition) is 0. The lowest BCUT2D eigenvalue weighted by Crippen LogP contribution is -2.19. The molecule has 3 heteroatoms. The molecule has 0 amide bonds. The summed E-state index contributed by atoms with van der Waals surface area (Å²) in [5.41, 5.74) is 2.61. The van der Waals surface area contributed by atoms with Crippen molar-refractivity contribution in [3.8, 4) is 0 Å². The molecule has 98 valence electrons.